The molecule has 0 amide bonds. The van der Waals surface area contributed by atoms with Gasteiger partial charge in [-0.2, -0.15) is 0 Å². The summed E-state index contributed by atoms with van der Waals surface area (Å²) in [6.07, 6.45) is 0.947. The second-order valence-corrected chi connectivity index (χ2v) is 11.9. The number of methoxy groups -OCH3 is 1. The van der Waals surface area contributed by atoms with E-state index in [-0.39, 0.29) is 26.5 Å². The third-order valence-electron chi connectivity index (χ3n) is 7.24. The van der Waals surface area contributed by atoms with Crippen molar-refractivity contribution < 1.29 is 37.8 Å². The first-order valence-electron chi connectivity index (χ1n) is 12.6. The molecule has 0 spiro atoms. The summed E-state index contributed by atoms with van der Waals surface area (Å²) in [5.74, 6) is -1.57. The Hall–Kier alpha value is -1.38. The van der Waals surface area contributed by atoms with E-state index in [4.69, 9.17) is 23.7 Å². The second-order valence-electron chi connectivity index (χ2n) is 11.1. The lowest BCUT2D eigenvalue weighted by Crippen LogP contribution is -2.57. The van der Waals surface area contributed by atoms with Crippen molar-refractivity contribution in [1.29, 1.82) is 0 Å². The van der Waals surface area contributed by atoms with Gasteiger partial charge in [-0.3, -0.25) is 4.57 Å². The van der Waals surface area contributed by atoms with E-state index in [0.29, 0.717) is 24.2 Å². The summed E-state index contributed by atoms with van der Waals surface area (Å²) >= 11 is 0. The van der Waals surface area contributed by atoms with E-state index in [1.54, 1.807) is 27.9 Å². The molecule has 206 valence electrons. The van der Waals surface area contributed by atoms with E-state index in [9.17, 15) is 14.2 Å². The van der Waals surface area contributed by atoms with Crippen LogP contribution in [0.25, 0.3) is 0 Å². The molecule has 2 rings (SSSR count). The smallest absolute Gasteiger partial charge is 0.340 e. The molecular formula is C26H44NO8P. The third-order valence-corrected chi connectivity index (χ3v) is 8.07. The minimum absolute atomic E-state index is 0.0162. The van der Waals surface area contributed by atoms with Crippen molar-refractivity contribution in [2.75, 3.05) is 21.2 Å². The fraction of sp³-hybridized carbons (Fsp3) is 0.846. The number of cyclic esters (lactones) is 1. The largest absolute Gasteiger partial charge is 0.456 e. The quantitative estimate of drug-likeness (QED) is 0.208. The van der Waals surface area contributed by atoms with E-state index in [1.807, 2.05) is 46.7 Å². The number of esters is 1. The van der Waals surface area contributed by atoms with E-state index < -0.39 is 41.3 Å². The SMILES string of the molecule is CO[C@](C)(C[C@@H](C)CC=O)[C@H](O[C@@H]1O[C@H](C)CC(N(C)C)[C@H]1P=O)[C@@H](C)C1=C(C)C(=O)OC(C)(C)O1. The Bertz CT molecular complexity index is 831. The van der Waals surface area contributed by atoms with E-state index >= 15 is 0 Å². The summed E-state index contributed by atoms with van der Waals surface area (Å²) in [7, 11) is 5.44. The van der Waals surface area contributed by atoms with Gasteiger partial charge in [0.05, 0.1) is 23.4 Å². The molecule has 2 aliphatic rings. The minimum Gasteiger partial charge on any atom is -0.456 e. The van der Waals surface area contributed by atoms with Gasteiger partial charge in [-0.15, -0.1) is 0 Å². The number of hydrogen-bond donors (Lipinski definition) is 0. The summed E-state index contributed by atoms with van der Waals surface area (Å²) in [5.41, 5.74) is -0.952. The standard InChI is InChI=1S/C26H44NO8P/c1-15(11-12-28)14-26(7,31-10)22(17(3)20-18(4)23(29)35-25(5,6)34-20)33-24-21(36-30)19(27(8)9)13-16(2)32-24/h12,15-17,19,21-22,24H,11,13-14H2,1-10H3/t15-,16+,17-,19?,21+,22+,24-,26+/m0/s1. The van der Waals surface area contributed by atoms with Crippen LogP contribution in [0.2, 0.25) is 0 Å². The lowest BCUT2D eigenvalue weighted by molar-refractivity contribution is -0.266. The van der Waals surface area contributed by atoms with Gasteiger partial charge in [0.15, 0.2) is 14.8 Å². The van der Waals surface area contributed by atoms with E-state index in [2.05, 4.69) is 0 Å². The predicted molar refractivity (Wildman–Crippen MR) is 136 cm³/mol. The number of nitrogens with zero attached hydrogens (tertiary/aromatic N) is 1. The summed E-state index contributed by atoms with van der Waals surface area (Å²) in [6.45, 7) is 12.8. The Morgan fingerprint density at radius 1 is 1.28 bits per heavy atom. The molecule has 1 fully saturated rings. The lowest BCUT2D eigenvalue weighted by atomic mass is 9.80. The zero-order chi connectivity index (χ0) is 27.4. The van der Waals surface area contributed by atoms with Gasteiger partial charge >= 0.3 is 5.97 Å². The first-order chi connectivity index (χ1) is 16.7. The van der Waals surface area contributed by atoms with Crippen LogP contribution in [-0.2, 0) is 37.8 Å². The second kappa shape index (κ2) is 12.4. The molecule has 0 aromatic rings. The molecule has 9 nitrogen and oxygen atoms in total. The average molecular weight is 530 g/mol. The van der Waals surface area contributed by atoms with Crippen molar-refractivity contribution in [2.24, 2.45) is 11.8 Å². The van der Waals surface area contributed by atoms with Gasteiger partial charge in [-0.25, -0.2) is 4.79 Å². The molecule has 1 unspecified atom stereocenters. The number of rotatable bonds is 12. The van der Waals surface area contributed by atoms with Crippen molar-refractivity contribution in [1.82, 2.24) is 4.90 Å². The zero-order valence-electron chi connectivity index (χ0n) is 23.4. The van der Waals surface area contributed by atoms with Crippen molar-refractivity contribution in [3.8, 4) is 0 Å². The minimum atomic E-state index is -1.14. The third kappa shape index (κ3) is 7.13. The number of ether oxygens (including phenoxy) is 5. The van der Waals surface area contributed by atoms with Gasteiger partial charge < -0.3 is 33.4 Å². The van der Waals surface area contributed by atoms with Crippen LogP contribution in [0.4, 0.5) is 0 Å². The maximum atomic E-state index is 12.6. The Labute approximate surface area is 217 Å². The van der Waals surface area contributed by atoms with Crippen LogP contribution >= 0.6 is 8.46 Å². The number of carbonyl (C=O) groups excluding carboxylic acids is 2. The summed E-state index contributed by atoms with van der Waals surface area (Å²) < 4.78 is 42.9. The highest BCUT2D eigenvalue weighted by molar-refractivity contribution is 7.24. The van der Waals surface area contributed by atoms with Gasteiger partial charge in [0.2, 0.25) is 5.79 Å². The van der Waals surface area contributed by atoms with Crippen molar-refractivity contribution >= 4 is 20.7 Å². The molecule has 0 aromatic heterocycles. The monoisotopic (exact) mass is 529 g/mol. The van der Waals surface area contributed by atoms with Crippen LogP contribution in [0.1, 0.15) is 67.7 Å². The molecule has 2 aliphatic heterocycles. The summed E-state index contributed by atoms with van der Waals surface area (Å²) in [6, 6.07) is -0.0162. The highest BCUT2D eigenvalue weighted by Crippen LogP contribution is 2.42. The summed E-state index contributed by atoms with van der Waals surface area (Å²) in [4.78, 5) is 25.9. The fourth-order valence-corrected chi connectivity index (χ4v) is 6.07. The van der Waals surface area contributed by atoms with Crippen LogP contribution < -0.4 is 0 Å². The predicted octanol–water partition coefficient (Wildman–Crippen LogP) is 4.34. The molecule has 2 heterocycles. The maximum Gasteiger partial charge on any atom is 0.340 e. The van der Waals surface area contributed by atoms with Crippen LogP contribution in [0, 0.1) is 11.8 Å². The van der Waals surface area contributed by atoms with Crippen molar-refractivity contribution in [2.45, 2.75) is 109 Å². The molecule has 0 bridgehead atoms. The van der Waals surface area contributed by atoms with Gasteiger partial charge in [-0.05, 0) is 53.6 Å². The molecule has 0 aliphatic carbocycles. The van der Waals surface area contributed by atoms with Gasteiger partial charge in [-0.1, -0.05) is 13.8 Å². The normalized spacial score (nSPS) is 30.8. The van der Waals surface area contributed by atoms with Gasteiger partial charge in [0, 0.05) is 39.3 Å². The van der Waals surface area contributed by atoms with Crippen molar-refractivity contribution in [3.05, 3.63) is 11.3 Å². The lowest BCUT2D eigenvalue weighted by Gasteiger charge is -2.47. The van der Waals surface area contributed by atoms with Crippen LogP contribution in [0.15, 0.2) is 11.3 Å². The maximum absolute atomic E-state index is 12.6. The van der Waals surface area contributed by atoms with Crippen molar-refractivity contribution in [3.63, 3.8) is 0 Å². The molecular weight excluding hydrogens is 485 g/mol. The van der Waals surface area contributed by atoms with E-state index in [0.717, 1.165) is 12.7 Å². The zero-order valence-corrected chi connectivity index (χ0v) is 24.3. The number of carbonyl (C=O) groups is 2. The van der Waals surface area contributed by atoms with Crippen LogP contribution in [-0.4, -0.2) is 79.9 Å². The highest BCUT2D eigenvalue weighted by atomic mass is 31.1. The number of aldehydes is 1. The first kappa shape index (κ1) is 30.8. The fourth-order valence-electron chi connectivity index (χ4n) is 5.30. The molecule has 0 aromatic carbocycles. The molecule has 0 radical (unpaired) electrons. The van der Waals surface area contributed by atoms with Gasteiger partial charge in [0.1, 0.15) is 17.7 Å². The topological polar surface area (TPSA) is 101 Å². The molecule has 1 saturated heterocycles. The van der Waals surface area contributed by atoms with E-state index in [1.165, 1.54) is 0 Å². The molecule has 36 heavy (non-hydrogen) atoms. The Morgan fingerprint density at radius 3 is 2.44 bits per heavy atom. The Balaban J connectivity index is 2.55. The average Bonchev–Trinajstić information content (AvgIpc) is 2.78. The molecule has 8 atom stereocenters. The molecule has 0 N–H and O–H groups in total. The molecule has 10 heteroatoms. The Kier molecular flexibility index (Phi) is 10.7. The number of hydrogen-bond acceptors (Lipinski definition) is 9. The summed E-state index contributed by atoms with van der Waals surface area (Å²) in [5, 5.41) is 0. The van der Waals surface area contributed by atoms with Crippen LogP contribution in [0.3, 0.4) is 0 Å². The molecule has 0 saturated carbocycles. The van der Waals surface area contributed by atoms with Crippen LogP contribution in [0.5, 0.6) is 0 Å². The Morgan fingerprint density at radius 2 is 1.92 bits per heavy atom. The first-order valence-corrected chi connectivity index (χ1v) is 13.5. The van der Waals surface area contributed by atoms with Gasteiger partial charge in [0.25, 0.3) is 0 Å². The highest BCUT2D eigenvalue weighted by Gasteiger charge is 2.49.